The Morgan fingerprint density at radius 2 is 1.36 bits per heavy atom. The zero-order chi connectivity index (χ0) is 51.2. The molecule has 2 fully saturated rings. The molecule has 2 aromatic heterocycles. The first-order valence-electron chi connectivity index (χ1n) is 24.2. The average Bonchev–Trinajstić information content (AvgIpc) is 3.91. The molecular formula is C50H60N10O12S. The summed E-state index contributed by atoms with van der Waals surface area (Å²) < 4.78 is 53.4. The molecule has 0 saturated carbocycles. The molecular weight excluding hydrogens is 965 g/mol. The summed E-state index contributed by atoms with van der Waals surface area (Å²) in [5.74, 6) is -1.81. The van der Waals surface area contributed by atoms with E-state index in [1.165, 1.54) is 6.26 Å². The van der Waals surface area contributed by atoms with Gasteiger partial charge in [-0.25, -0.2) is 12.9 Å². The molecule has 1 unspecified atom stereocenters. The van der Waals surface area contributed by atoms with Crippen LogP contribution in [0.1, 0.15) is 33.6 Å². The smallest absolute Gasteiger partial charge is 0.264 e. The first-order valence-corrected chi connectivity index (χ1v) is 26.1. The topological polar surface area (TPSA) is 254 Å². The Morgan fingerprint density at radius 3 is 2.00 bits per heavy atom. The van der Waals surface area contributed by atoms with Crippen molar-refractivity contribution in [2.45, 2.75) is 23.8 Å². The van der Waals surface area contributed by atoms with E-state index < -0.39 is 39.5 Å². The van der Waals surface area contributed by atoms with Crippen LogP contribution in [-0.2, 0) is 47.9 Å². The normalized spacial score (nSPS) is 16.3. The van der Waals surface area contributed by atoms with Crippen LogP contribution < -0.4 is 26.2 Å². The van der Waals surface area contributed by atoms with Crippen molar-refractivity contribution in [3.8, 4) is 11.3 Å². The van der Waals surface area contributed by atoms with Gasteiger partial charge in [0.25, 0.3) is 11.8 Å². The van der Waals surface area contributed by atoms with Gasteiger partial charge in [-0.3, -0.25) is 39.1 Å². The van der Waals surface area contributed by atoms with Crippen LogP contribution in [0.3, 0.4) is 0 Å². The lowest BCUT2D eigenvalue weighted by atomic mass is 10.0. The van der Waals surface area contributed by atoms with Gasteiger partial charge in [-0.05, 0) is 67.1 Å². The molecule has 3 aromatic carbocycles. The van der Waals surface area contributed by atoms with Crippen LogP contribution in [0.5, 0.6) is 0 Å². The number of hydrogen-bond acceptors (Lipinski definition) is 18. The molecule has 1 atom stereocenters. The summed E-state index contributed by atoms with van der Waals surface area (Å²) in [7, 11) is -3.30. The number of carbonyl (C=O) groups is 5. The highest BCUT2D eigenvalue weighted by atomic mass is 32.2. The van der Waals surface area contributed by atoms with Gasteiger partial charge in [-0.15, -0.1) is 5.10 Å². The molecule has 4 N–H and O–H groups in total. The Labute approximate surface area is 422 Å². The lowest BCUT2D eigenvalue weighted by molar-refractivity contribution is -0.136. The Hall–Kier alpha value is -6.86. The summed E-state index contributed by atoms with van der Waals surface area (Å²) in [5.41, 5.74) is 5.04. The number of sulfone groups is 1. The van der Waals surface area contributed by atoms with Gasteiger partial charge in [0.2, 0.25) is 23.7 Å². The van der Waals surface area contributed by atoms with E-state index in [0.29, 0.717) is 103 Å². The SMILES string of the molecule is CS(=O)(=O)c1ccc(-c2cccc3nc(Nc4ccc(N5CCN(CC(=O)NCCOCCOCCOCCOCCOCCNc6cccc7c6C(=O)N(C6CCC(=O)NC6=O)C7=O)CC5)cc4)nn23)cc1. The molecule has 0 bridgehead atoms. The van der Waals surface area contributed by atoms with Gasteiger partial charge >= 0.3 is 0 Å². The van der Waals surface area contributed by atoms with Crippen molar-refractivity contribution in [1.29, 1.82) is 0 Å². The lowest BCUT2D eigenvalue weighted by Gasteiger charge is -2.35. The number of aromatic nitrogens is 3. The van der Waals surface area contributed by atoms with Crippen LogP contribution in [0.2, 0.25) is 0 Å². The standard InChI is InChI=1S/C50H60N10O12S/c1-73(66,67)38-14-8-35(9-15-38)41-6-3-7-43-54-50(56-60(41)43)53-36-10-12-37(13-11-36)58-22-20-57(21-23-58)34-45(62)52-19-25-69-27-29-71-31-33-72-32-30-70-28-26-68-24-18-51-40-5-2-4-39-46(40)49(65)59(48(39)64)42-16-17-44(61)55-47(42)63/h2-15,42,51H,16-34H2,1H3,(H,52,62)(H,53,56)(H,55,61,63). The molecule has 22 nitrogen and oxygen atoms in total. The van der Waals surface area contributed by atoms with Gasteiger partial charge in [-0.1, -0.05) is 24.3 Å². The van der Waals surface area contributed by atoms with Crippen LogP contribution in [0.4, 0.5) is 23.0 Å². The molecule has 23 heteroatoms. The monoisotopic (exact) mass is 1020 g/mol. The summed E-state index contributed by atoms with van der Waals surface area (Å²) >= 11 is 0. The van der Waals surface area contributed by atoms with E-state index >= 15 is 0 Å². The number of amides is 5. The molecule has 73 heavy (non-hydrogen) atoms. The van der Waals surface area contributed by atoms with Crippen molar-refractivity contribution in [3.63, 3.8) is 0 Å². The van der Waals surface area contributed by atoms with Crippen LogP contribution in [0.25, 0.3) is 16.9 Å². The van der Waals surface area contributed by atoms with E-state index in [2.05, 4.69) is 53.3 Å². The van der Waals surface area contributed by atoms with E-state index in [9.17, 15) is 32.4 Å². The van der Waals surface area contributed by atoms with Gasteiger partial charge in [0.15, 0.2) is 15.5 Å². The van der Waals surface area contributed by atoms with Crippen molar-refractivity contribution in [2.24, 2.45) is 0 Å². The first-order chi connectivity index (χ1) is 35.4. The fraction of sp³-hybridized carbons (Fsp3) is 0.420. The zero-order valence-electron chi connectivity index (χ0n) is 40.6. The Kier molecular flexibility index (Phi) is 18.1. The lowest BCUT2D eigenvalue weighted by Crippen LogP contribution is -2.54. The number of carbonyl (C=O) groups excluding carboxylic acids is 5. The third-order valence-electron chi connectivity index (χ3n) is 12.3. The summed E-state index contributed by atoms with van der Waals surface area (Å²) in [6, 6.07) is 24.3. The summed E-state index contributed by atoms with van der Waals surface area (Å²) in [5, 5.41) is 16.2. The van der Waals surface area contributed by atoms with Gasteiger partial charge < -0.3 is 44.5 Å². The van der Waals surface area contributed by atoms with Gasteiger partial charge in [0.1, 0.15) is 6.04 Å². The Morgan fingerprint density at radius 1 is 0.726 bits per heavy atom. The Balaban J connectivity index is 0.599. The van der Waals surface area contributed by atoms with E-state index in [4.69, 9.17) is 23.7 Å². The zero-order valence-corrected chi connectivity index (χ0v) is 41.4. The third kappa shape index (κ3) is 14.0. The van der Waals surface area contributed by atoms with Crippen molar-refractivity contribution >= 4 is 68.0 Å². The van der Waals surface area contributed by atoms with E-state index in [-0.39, 0.29) is 34.8 Å². The predicted molar refractivity (Wildman–Crippen MR) is 269 cm³/mol. The fourth-order valence-corrected chi connectivity index (χ4v) is 9.15. The third-order valence-corrected chi connectivity index (χ3v) is 13.4. The number of piperidine rings is 1. The van der Waals surface area contributed by atoms with Crippen molar-refractivity contribution in [1.82, 2.24) is 35.0 Å². The molecule has 0 aliphatic carbocycles. The number of benzene rings is 3. The molecule has 2 saturated heterocycles. The first kappa shape index (κ1) is 52.5. The fourth-order valence-electron chi connectivity index (χ4n) is 8.52. The molecule has 5 aromatic rings. The second-order valence-electron chi connectivity index (χ2n) is 17.4. The van der Waals surface area contributed by atoms with E-state index in [1.54, 1.807) is 47.0 Å². The highest BCUT2D eigenvalue weighted by Crippen LogP contribution is 2.32. The molecule has 8 rings (SSSR count). The number of fused-ring (bicyclic) bond motifs is 2. The number of anilines is 4. The molecule has 0 spiro atoms. The maximum absolute atomic E-state index is 13.2. The molecule has 3 aliphatic heterocycles. The van der Waals surface area contributed by atoms with Gasteiger partial charge in [-0.2, -0.15) is 4.98 Å². The number of pyridine rings is 1. The van der Waals surface area contributed by atoms with E-state index in [1.807, 2.05) is 30.3 Å². The quantitative estimate of drug-likeness (QED) is 0.0435. The highest BCUT2D eigenvalue weighted by Gasteiger charge is 2.45. The average molecular weight is 1030 g/mol. The number of ether oxygens (including phenoxy) is 5. The minimum Gasteiger partial charge on any atom is -0.382 e. The Bertz CT molecular complexity index is 2840. The molecule has 388 valence electrons. The number of nitrogens with zero attached hydrogens (tertiary/aromatic N) is 6. The number of piperazine rings is 1. The minimum atomic E-state index is -3.30. The number of rotatable bonds is 27. The van der Waals surface area contributed by atoms with E-state index in [0.717, 1.165) is 53.7 Å². The van der Waals surface area contributed by atoms with Crippen LogP contribution in [-0.4, -0.2) is 187 Å². The van der Waals surface area contributed by atoms with Crippen molar-refractivity contribution < 1.29 is 56.1 Å². The van der Waals surface area contributed by atoms with Crippen LogP contribution >= 0.6 is 0 Å². The number of nitrogens with one attached hydrogen (secondary N) is 4. The highest BCUT2D eigenvalue weighted by molar-refractivity contribution is 7.90. The van der Waals surface area contributed by atoms with Gasteiger partial charge in [0.05, 0.1) is 94.3 Å². The van der Waals surface area contributed by atoms with Gasteiger partial charge in [0, 0.05) is 74.6 Å². The maximum Gasteiger partial charge on any atom is 0.264 e. The largest absolute Gasteiger partial charge is 0.382 e. The van der Waals surface area contributed by atoms with Crippen LogP contribution in [0.15, 0.2) is 89.8 Å². The maximum atomic E-state index is 13.2. The number of hydrogen-bond donors (Lipinski definition) is 4. The predicted octanol–water partition coefficient (Wildman–Crippen LogP) is 2.38. The summed E-state index contributed by atoms with van der Waals surface area (Å²) in [6.07, 6.45) is 1.33. The summed E-state index contributed by atoms with van der Waals surface area (Å²) in [4.78, 5) is 73.0. The second kappa shape index (κ2) is 25.2. The minimum absolute atomic E-state index is 0.0438. The molecule has 5 amide bonds. The van der Waals surface area contributed by atoms with Crippen molar-refractivity contribution in [3.05, 3.63) is 96.1 Å². The second-order valence-corrected chi connectivity index (χ2v) is 19.4. The molecule has 0 radical (unpaired) electrons. The molecule has 3 aliphatic rings. The van der Waals surface area contributed by atoms with Crippen molar-refractivity contribution in [2.75, 3.05) is 134 Å². The van der Waals surface area contributed by atoms with Crippen LogP contribution in [0, 0.1) is 0 Å². The number of imide groups is 2. The molecule has 5 heterocycles. The summed E-state index contributed by atoms with van der Waals surface area (Å²) in [6.45, 7) is 8.01.